The fourth-order valence-corrected chi connectivity index (χ4v) is 2.60. The van der Waals surface area contributed by atoms with Crippen LogP contribution in [0.15, 0.2) is 65.8 Å². The molecule has 0 radical (unpaired) electrons. The Bertz CT molecular complexity index is 760. The smallest absolute Gasteiger partial charge is 0.195 e. The SMILES string of the molecule is CSc1ccc(C(=O)c2cncc3ccccc23)cc1. The zero-order chi connectivity index (χ0) is 13.9. The van der Waals surface area contributed by atoms with E-state index in [-0.39, 0.29) is 5.78 Å². The number of benzene rings is 2. The van der Waals surface area contributed by atoms with Gasteiger partial charge < -0.3 is 0 Å². The summed E-state index contributed by atoms with van der Waals surface area (Å²) in [4.78, 5) is 17.9. The van der Waals surface area contributed by atoms with Crippen LogP contribution in [-0.2, 0) is 0 Å². The highest BCUT2D eigenvalue weighted by molar-refractivity contribution is 7.98. The number of aromatic nitrogens is 1. The van der Waals surface area contributed by atoms with E-state index in [0.29, 0.717) is 11.1 Å². The van der Waals surface area contributed by atoms with Crippen LogP contribution < -0.4 is 0 Å². The van der Waals surface area contributed by atoms with Gasteiger partial charge in [0.2, 0.25) is 0 Å². The molecule has 2 aromatic carbocycles. The number of fused-ring (bicyclic) bond motifs is 1. The summed E-state index contributed by atoms with van der Waals surface area (Å²) in [5.41, 5.74) is 1.35. The van der Waals surface area contributed by atoms with Crippen molar-refractivity contribution in [3.8, 4) is 0 Å². The standard InChI is InChI=1S/C17H13NOS/c1-20-14-8-6-12(7-9-14)17(19)16-11-18-10-13-4-2-3-5-15(13)16/h2-11H,1H3. The van der Waals surface area contributed by atoms with Crippen molar-refractivity contribution in [3.63, 3.8) is 0 Å². The summed E-state index contributed by atoms with van der Waals surface area (Å²) >= 11 is 1.66. The number of pyridine rings is 1. The molecule has 0 aliphatic carbocycles. The minimum atomic E-state index is 0.0157. The van der Waals surface area contributed by atoms with Gasteiger partial charge in [-0.05, 0) is 35.9 Å². The first-order valence-corrected chi connectivity index (χ1v) is 7.53. The lowest BCUT2D eigenvalue weighted by Gasteiger charge is -2.05. The molecule has 0 saturated heterocycles. The van der Waals surface area contributed by atoms with Crippen LogP contribution in [0.25, 0.3) is 10.8 Å². The Balaban J connectivity index is 2.07. The summed E-state index contributed by atoms with van der Waals surface area (Å²) in [5, 5.41) is 1.93. The maximum Gasteiger partial charge on any atom is 0.195 e. The summed E-state index contributed by atoms with van der Waals surface area (Å²) in [7, 11) is 0. The van der Waals surface area contributed by atoms with Crippen LogP contribution >= 0.6 is 11.8 Å². The zero-order valence-electron chi connectivity index (χ0n) is 11.0. The predicted molar refractivity (Wildman–Crippen MR) is 83.4 cm³/mol. The molecule has 0 amide bonds. The first-order chi connectivity index (χ1) is 9.79. The Hall–Kier alpha value is -2.13. The summed E-state index contributed by atoms with van der Waals surface area (Å²) in [6.07, 6.45) is 5.45. The highest BCUT2D eigenvalue weighted by atomic mass is 32.2. The summed E-state index contributed by atoms with van der Waals surface area (Å²) in [5.74, 6) is 0.0157. The van der Waals surface area contributed by atoms with Gasteiger partial charge in [0, 0.05) is 33.8 Å². The van der Waals surface area contributed by atoms with Crippen molar-refractivity contribution in [1.82, 2.24) is 4.98 Å². The summed E-state index contributed by atoms with van der Waals surface area (Å²) in [6, 6.07) is 15.5. The second-order valence-electron chi connectivity index (χ2n) is 4.47. The molecule has 0 aliphatic rings. The molecular formula is C17H13NOS. The predicted octanol–water partition coefficient (Wildman–Crippen LogP) is 4.19. The van der Waals surface area contributed by atoms with Crippen molar-refractivity contribution < 1.29 is 4.79 Å². The van der Waals surface area contributed by atoms with Gasteiger partial charge in [0.15, 0.2) is 5.78 Å². The van der Waals surface area contributed by atoms with E-state index in [1.54, 1.807) is 24.2 Å². The van der Waals surface area contributed by atoms with E-state index in [4.69, 9.17) is 0 Å². The van der Waals surface area contributed by atoms with Crippen molar-refractivity contribution in [2.45, 2.75) is 4.90 Å². The molecule has 3 aromatic rings. The molecule has 1 heterocycles. The summed E-state index contributed by atoms with van der Waals surface area (Å²) in [6.45, 7) is 0. The van der Waals surface area contributed by atoms with E-state index >= 15 is 0 Å². The normalized spacial score (nSPS) is 10.7. The second kappa shape index (κ2) is 5.47. The number of carbonyl (C=O) groups excluding carboxylic acids is 1. The van der Waals surface area contributed by atoms with Crippen LogP contribution in [0.5, 0.6) is 0 Å². The van der Waals surface area contributed by atoms with Crippen molar-refractivity contribution in [2.75, 3.05) is 6.26 Å². The van der Waals surface area contributed by atoms with E-state index in [2.05, 4.69) is 4.98 Å². The fraction of sp³-hybridized carbons (Fsp3) is 0.0588. The topological polar surface area (TPSA) is 30.0 Å². The van der Waals surface area contributed by atoms with E-state index in [1.807, 2.05) is 54.8 Å². The number of hydrogen-bond acceptors (Lipinski definition) is 3. The molecule has 0 fully saturated rings. The van der Waals surface area contributed by atoms with Gasteiger partial charge >= 0.3 is 0 Å². The van der Waals surface area contributed by atoms with Crippen LogP contribution in [0, 0.1) is 0 Å². The van der Waals surface area contributed by atoms with Gasteiger partial charge in [-0.3, -0.25) is 9.78 Å². The van der Waals surface area contributed by atoms with Crippen LogP contribution in [0.1, 0.15) is 15.9 Å². The monoisotopic (exact) mass is 279 g/mol. The quantitative estimate of drug-likeness (QED) is 0.532. The number of rotatable bonds is 3. The fourth-order valence-electron chi connectivity index (χ4n) is 2.20. The average Bonchev–Trinajstić information content (AvgIpc) is 2.54. The van der Waals surface area contributed by atoms with Crippen molar-refractivity contribution in [2.24, 2.45) is 0 Å². The second-order valence-corrected chi connectivity index (χ2v) is 5.35. The molecular weight excluding hydrogens is 266 g/mol. The number of hydrogen-bond donors (Lipinski definition) is 0. The van der Waals surface area contributed by atoms with Crippen LogP contribution in [0.2, 0.25) is 0 Å². The first kappa shape index (κ1) is 12.9. The Kier molecular flexibility index (Phi) is 3.52. The largest absolute Gasteiger partial charge is 0.289 e. The maximum absolute atomic E-state index is 12.6. The van der Waals surface area contributed by atoms with Gasteiger partial charge in [0.05, 0.1) is 0 Å². The molecule has 0 spiro atoms. The van der Waals surface area contributed by atoms with E-state index in [1.165, 1.54) is 0 Å². The Morgan fingerprint density at radius 1 is 1.00 bits per heavy atom. The molecule has 0 N–H and O–H groups in total. The molecule has 0 aliphatic heterocycles. The van der Waals surface area contributed by atoms with Gasteiger partial charge in [0.25, 0.3) is 0 Å². The highest BCUT2D eigenvalue weighted by Gasteiger charge is 2.12. The maximum atomic E-state index is 12.6. The lowest BCUT2D eigenvalue weighted by atomic mass is 10.00. The van der Waals surface area contributed by atoms with Gasteiger partial charge in [-0.1, -0.05) is 24.3 Å². The number of carbonyl (C=O) groups is 1. The minimum absolute atomic E-state index is 0.0157. The Labute approximate surface area is 121 Å². The highest BCUT2D eigenvalue weighted by Crippen LogP contribution is 2.21. The molecule has 2 nitrogen and oxygen atoms in total. The van der Waals surface area contributed by atoms with Crippen LogP contribution in [0.3, 0.4) is 0 Å². The van der Waals surface area contributed by atoms with Gasteiger partial charge in [-0.2, -0.15) is 0 Å². The minimum Gasteiger partial charge on any atom is -0.289 e. The van der Waals surface area contributed by atoms with Crippen molar-refractivity contribution in [1.29, 1.82) is 0 Å². The van der Waals surface area contributed by atoms with Crippen LogP contribution in [0.4, 0.5) is 0 Å². The molecule has 0 atom stereocenters. The van der Waals surface area contributed by atoms with Gasteiger partial charge in [0.1, 0.15) is 0 Å². The third-order valence-electron chi connectivity index (χ3n) is 3.27. The third-order valence-corrected chi connectivity index (χ3v) is 4.01. The van der Waals surface area contributed by atoms with Crippen molar-refractivity contribution >= 4 is 28.3 Å². The van der Waals surface area contributed by atoms with Crippen LogP contribution in [-0.4, -0.2) is 17.0 Å². The zero-order valence-corrected chi connectivity index (χ0v) is 11.9. The molecule has 0 bridgehead atoms. The van der Waals surface area contributed by atoms with E-state index in [9.17, 15) is 4.79 Å². The molecule has 1 aromatic heterocycles. The Morgan fingerprint density at radius 3 is 2.50 bits per heavy atom. The molecule has 3 heteroatoms. The lowest BCUT2D eigenvalue weighted by Crippen LogP contribution is -2.02. The molecule has 0 unspecified atom stereocenters. The van der Waals surface area contributed by atoms with E-state index < -0.39 is 0 Å². The molecule has 98 valence electrons. The lowest BCUT2D eigenvalue weighted by molar-refractivity contribution is 0.104. The third kappa shape index (κ3) is 2.32. The molecule has 20 heavy (non-hydrogen) atoms. The number of nitrogens with zero attached hydrogens (tertiary/aromatic N) is 1. The Morgan fingerprint density at radius 2 is 1.75 bits per heavy atom. The number of thioether (sulfide) groups is 1. The number of ketones is 1. The van der Waals surface area contributed by atoms with Gasteiger partial charge in [-0.25, -0.2) is 0 Å². The molecule has 0 saturated carbocycles. The van der Waals surface area contributed by atoms with E-state index in [0.717, 1.165) is 15.7 Å². The summed E-state index contributed by atoms with van der Waals surface area (Å²) < 4.78 is 0. The molecule has 3 rings (SSSR count). The average molecular weight is 279 g/mol. The first-order valence-electron chi connectivity index (χ1n) is 6.31. The van der Waals surface area contributed by atoms with Crippen molar-refractivity contribution in [3.05, 3.63) is 72.1 Å². The van der Waals surface area contributed by atoms with Gasteiger partial charge in [-0.15, -0.1) is 11.8 Å².